The molecule has 0 aliphatic rings. The van der Waals surface area contributed by atoms with Gasteiger partial charge in [0.15, 0.2) is 0 Å². The number of hydrogen-bond donors (Lipinski definition) is 2. The average Bonchev–Trinajstić information content (AvgIpc) is 2.66. The summed E-state index contributed by atoms with van der Waals surface area (Å²) in [6.07, 6.45) is 1.78. The van der Waals surface area contributed by atoms with Crippen LogP contribution in [0.3, 0.4) is 0 Å². The molecule has 13 heavy (non-hydrogen) atoms. The number of nitrogens with one attached hydrogen (secondary N) is 2. The van der Waals surface area contributed by atoms with Crippen molar-refractivity contribution in [3.8, 4) is 0 Å². The number of nitrogens with zero attached hydrogens (tertiary/aromatic N) is 1. The first-order valence-electron chi connectivity index (χ1n) is 3.71. The zero-order chi connectivity index (χ0) is 9.68. The van der Waals surface area contributed by atoms with E-state index in [-0.39, 0.29) is 11.8 Å². The van der Waals surface area contributed by atoms with Crippen molar-refractivity contribution >= 4 is 23.2 Å². The van der Waals surface area contributed by atoms with Gasteiger partial charge in [0, 0.05) is 6.42 Å². The first-order valence-corrected chi connectivity index (χ1v) is 4.59. The van der Waals surface area contributed by atoms with Crippen molar-refractivity contribution in [2.75, 3.05) is 0 Å². The number of hydrogen-bond acceptors (Lipinski definition) is 4. The predicted octanol–water partition coefficient (Wildman–Crippen LogP) is 0.314. The summed E-state index contributed by atoms with van der Waals surface area (Å²) >= 11 is 1.22. The molecule has 0 radical (unpaired) electrons. The Bertz CT molecular complexity index is 297. The van der Waals surface area contributed by atoms with Crippen molar-refractivity contribution in [2.45, 2.75) is 13.3 Å². The van der Waals surface area contributed by atoms with Crippen molar-refractivity contribution in [3.05, 3.63) is 16.6 Å². The van der Waals surface area contributed by atoms with Gasteiger partial charge < -0.3 is 0 Å². The van der Waals surface area contributed by atoms with Crippen LogP contribution in [0.25, 0.3) is 0 Å². The minimum atomic E-state index is -0.343. The topological polar surface area (TPSA) is 71.1 Å². The van der Waals surface area contributed by atoms with Crippen LogP contribution in [0, 0.1) is 0 Å². The molecule has 5 nitrogen and oxygen atoms in total. The van der Waals surface area contributed by atoms with Crippen LogP contribution in [0.15, 0.2) is 11.7 Å². The molecule has 0 spiro atoms. The van der Waals surface area contributed by atoms with Crippen LogP contribution in [-0.4, -0.2) is 16.8 Å². The lowest BCUT2D eigenvalue weighted by molar-refractivity contribution is -0.121. The van der Waals surface area contributed by atoms with Crippen LogP contribution in [0.5, 0.6) is 0 Å². The molecule has 70 valence electrons. The SMILES string of the molecule is CCC(=O)NNC(=O)c1cncs1. The van der Waals surface area contributed by atoms with Crippen LogP contribution in [0.4, 0.5) is 0 Å². The van der Waals surface area contributed by atoms with Crippen LogP contribution in [0.2, 0.25) is 0 Å². The molecule has 0 bridgehead atoms. The van der Waals surface area contributed by atoms with E-state index in [1.165, 1.54) is 17.5 Å². The largest absolute Gasteiger partial charge is 0.281 e. The van der Waals surface area contributed by atoms with E-state index in [0.29, 0.717) is 11.3 Å². The molecular formula is C7H9N3O2S. The Balaban J connectivity index is 2.39. The summed E-state index contributed by atoms with van der Waals surface area (Å²) in [4.78, 5) is 26.1. The molecule has 1 rings (SSSR count). The summed E-state index contributed by atoms with van der Waals surface area (Å²) in [7, 11) is 0. The molecule has 1 heterocycles. The van der Waals surface area contributed by atoms with E-state index in [4.69, 9.17) is 0 Å². The Morgan fingerprint density at radius 2 is 2.31 bits per heavy atom. The van der Waals surface area contributed by atoms with Gasteiger partial charge in [-0.1, -0.05) is 6.92 Å². The highest BCUT2D eigenvalue weighted by atomic mass is 32.1. The Kier molecular flexibility index (Phi) is 3.39. The van der Waals surface area contributed by atoms with Gasteiger partial charge in [-0.25, -0.2) is 0 Å². The van der Waals surface area contributed by atoms with Gasteiger partial charge in [-0.2, -0.15) is 0 Å². The summed E-state index contributed by atoms with van der Waals surface area (Å²) in [5.74, 6) is -0.567. The smallest absolute Gasteiger partial charge is 0.273 e. The molecular weight excluding hydrogens is 190 g/mol. The highest BCUT2D eigenvalue weighted by molar-refractivity contribution is 7.11. The van der Waals surface area contributed by atoms with Crippen molar-refractivity contribution in [1.29, 1.82) is 0 Å². The Morgan fingerprint density at radius 1 is 1.54 bits per heavy atom. The molecule has 0 atom stereocenters. The predicted molar refractivity (Wildman–Crippen MR) is 48.0 cm³/mol. The van der Waals surface area contributed by atoms with Crippen LogP contribution in [-0.2, 0) is 4.79 Å². The minimum absolute atomic E-state index is 0.224. The van der Waals surface area contributed by atoms with E-state index in [1.54, 1.807) is 12.4 Å². The average molecular weight is 199 g/mol. The zero-order valence-electron chi connectivity index (χ0n) is 7.03. The Labute approximate surface area is 79.1 Å². The second-order valence-electron chi connectivity index (χ2n) is 2.22. The number of carbonyl (C=O) groups excluding carboxylic acids is 2. The third-order valence-corrected chi connectivity index (χ3v) is 2.06. The Morgan fingerprint density at radius 3 is 2.85 bits per heavy atom. The molecule has 0 unspecified atom stereocenters. The summed E-state index contributed by atoms with van der Waals surface area (Å²) in [5, 5.41) is 0. The fraction of sp³-hybridized carbons (Fsp3) is 0.286. The highest BCUT2D eigenvalue weighted by Gasteiger charge is 2.06. The molecule has 0 aliphatic carbocycles. The zero-order valence-corrected chi connectivity index (χ0v) is 7.85. The lowest BCUT2D eigenvalue weighted by Gasteiger charge is -2.03. The molecule has 2 amide bonds. The number of amides is 2. The lowest BCUT2D eigenvalue weighted by Crippen LogP contribution is -2.40. The first kappa shape index (κ1) is 9.66. The monoisotopic (exact) mass is 199 g/mol. The molecule has 1 aromatic heterocycles. The normalized spacial score (nSPS) is 9.31. The van der Waals surface area contributed by atoms with E-state index >= 15 is 0 Å². The van der Waals surface area contributed by atoms with Gasteiger partial charge in [0.05, 0.1) is 11.7 Å². The maximum atomic E-state index is 11.2. The van der Waals surface area contributed by atoms with Gasteiger partial charge in [0.25, 0.3) is 5.91 Å². The van der Waals surface area contributed by atoms with E-state index < -0.39 is 0 Å². The lowest BCUT2D eigenvalue weighted by atomic mass is 10.5. The summed E-state index contributed by atoms with van der Waals surface area (Å²) < 4.78 is 0. The molecule has 2 N–H and O–H groups in total. The van der Waals surface area contributed by atoms with Gasteiger partial charge in [-0.15, -0.1) is 11.3 Å². The van der Waals surface area contributed by atoms with Gasteiger partial charge in [0.2, 0.25) is 5.91 Å². The van der Waals surface area contributed by atoms with E-state index in [9.17, 15) is 9.59 Å². The fourth-order valence-electron chi connectivity index (χ4n) is 0.604. The number of hydrazine groups is 1. The second-order valence-corrected chi connectivity index (χ2v) is 3.11. The van der Waals surface area contributed by atoms with E-state index in [2.05, 4.69) is 15.8 Å². The maximum Gasteiger partial charge on any atom is 0.281 e. The maximum absolute atomic E-state index is 11.2. The van der Waals surface area contributed by atoms with Gasteiger partial charge in [-0.3, -0.25) is 25.4 Å². The molecule has 0 saturated carbocycles. The standard InChI is InChI=1S/C7H9N3O2S/c1-2-6(11)9-10-7(12)5-3-8-4-13-5/h3-4H,2H2,1H3,(H,9,11)(H,10,12). The van der Waals surface area contributed by atoms with Crippen molar-refractivity contribution in [1.82, 2.24) is 15.8 Å². The van der Waals surface area contributed by atoms with Gasteiger partial charge >= 0.3 is 0 Å². The Hall–Kier alpha value is -1.43. The number of carbonyl (C=O) groups is 2. The molecule has 1 aromatic rings. The van der Waals surface area contributed by atoms with E-state index in [1.807, 2.05) is 0 Å². The quantitative estimate of drug-likeness (QED) is 0.673. The first-order chi connectivity index (χ1) is 6.24. The highest BCUT2D eigenvalue weighted by Crippen LogP contribution is 2.03. The molecule has 0 aliphatic heterocycles. The summed E-state index contributed by atoms with van der Waals surface area (Å²) in [5.41, 5.74) is 6.08. The number of thiazole rings is 1. The van der Waals surface area contributed by atoms with Gasteiger partial charge in [-0.05, 0) is 0 Å². The van der Waals surface area contributed by atoms with Crippen molar-refractivity contribution in [3.63, 3.8) is 0 Å². The summed E-state index contributed by atoms with van der Waals surface area (Å²) in [6, 6.07) is 0. The fourth-order valence-corrected chi connectivity index (χ4v) is 1.12. The molecule has 0 fully saturated rings. The second kappa shape index (κ2) is 4.56. The third kappa shape index (κ3) is 2.83. The molecule has 6 heteroatoms. The third-order valence-electron chi connectivity index (χ3n) is 1.29. The minimum Gasteiger partial charge on any atom is -0.273 e. The van der Waals surface area contributed by atoms with Crippen LogP contribution >= 0.6 is 11.3 Å². The number of aromatic nitrogens is 1. The van der Waals surface area contributed by atoms with Gasteiger partial charge in [0.1, 0.15) is 4.88 Å². The molecule has 0 saturated heterocycles. The van der Waals surface area contributed by atoms with Crippen LogP contribution in [0.1, 0.15) is 23.0 Å². The van der Waals surface area contributed by atoms with Crippen molar-refractivity contribution < 1.29 is 9.59 Å². The number of rotatable bonds is 2. The van der Waals surface area contributed by atoms with E-state index in [0.717, 1.165) is 0 Å². The summed E-state index contributed by atoms with van der Waals surface area (Å²) in [6.45, 7) is 1.70. The van der Waals surface area contributed by atoms with Crippen molar-refractivity contribution in [2.24, 2.45) is 0 Å². The molecule has 0 aromatic carbocycles. The van der Waals surface area contributed by atoms with Crippen LogP contribution < -0.4 is 10.9 Å².